The first-order valence-electron chi connectivity index (χ1n) is 8.68. The molecule has 0 unspecified atom stereocenters. The third-order valence-electron chi connectivity index (χ3n) is 5.76. The Morgan fingerprint density at radius 3 is 2.83 bits per heavy atom. The van der Waals surface area contributed by atoms with Crippen LogP contribution in [0, 0.1) is 5.41 Å². The van der Waals surface area contributed by atoms with E-state index in [9.17, 15) is 4.79 Å². The molecule has 0 aromatic carbocycles. The predicted molar refractivity (Wildman–Crippen MR) is 95.0 cm³/mol. The van der Waals surface area contributed by atoms with Crippen molar-refractivity contribution in [1.82, 2.24) is 19.8 Å². The highest BCUT2D eigenvalue weighted by molar-refractivity contribution is 7.09. The molecule has 1 N–H and O–H groups in total. The summed E-state index contributed by atoms with van der Waals surface area (Å²) in [6, 6.07) is 2.23. The molecule has 3 heterocycles. The Hall–Kier alpha value is -1.66. The molecule has 24 heavy (non-hydrogen) atoms. The zero-order valence-electron chi connectivity index (χ0n) is 14.1. The largest absolute Gasteiger partial charge is 0.356 e. The smallest absolute Gasteiger partial charge is 0.253 e. The van der Waals surface area contributed by atoms with Crippen molar-refractivity contribution in [2.24, 2.45) is 12.5 Å². The van der Waals surface area contributed by atoms with Gasteiger partial charge in [-0.2, -0.15) is 0 Å². The van der Waals surface area contributed by atoms with Gasteiger partial charge in [-0.3, -0.25) is 9.69 Å². The van der Waals surface area contributed by atoms with Crippen molar-refractivity contribution in [3.8, 4) is 0 Å². The number of carbonyl (C=O) groups excluding carboxylic acids is 1. The van der Waals surface area contributed by atoms with Gasteiger partial charge in [0.25, 0.3) is 5.91 Å². The summed E-state index contributed by atoms with van der Waals surface area (Å²) >= 11 is 1.73. The fourth-order valence-corrected chi connectivity index (χ4v) is 4.74. The Kier molecular flexibility index (Phi) is 4.18. The van der Waals surface area contributed by atoms with Crippen molar-refractivity contribution in [3.05, 3.63) is 40.6 Å². The first-order valence-corrected chi connectivity index (χ1v) is 9.56. The van der Waals surface area contributed by atoms with Gasteiger partial charge in [-0.25, -0.2) is 4.98 Å². The van der Waals surface area contributed by atoms with Gasteiger partial charge in [0.1, 0.15) is 5.01 Å². The number of piperidine rings is 1. The van der Waals surface area contributed by atoms with Gasteiger partial charge in [-0.15, -0.1) is 11.3 Å². The number of nitrogens with one attached hydrogen (secondary N) is 1. The van der Waals surface area contributed by atoms with E-state index in [1.165, 1.54) is 24.3 Å². The summed E-state index contributed by atoms with van der Waals surface area (Å²) in [7, 11) is 1.94. The highest BCUT2D eigenvalue weighted by Gasteiger charge is 2.48. The molecule has 1 saturated carbocycles. The summed E-state index contributed by atoms with van der Waals surface area (Å²) in [6.45, 7) is 3.18. The fraction of sp³-hybridized carbons (Fsp3) is 0.556. The minimum Gasteiger partial charge on any atom is -0.356 e. The molecule has 1 atom stereocenters. The quantitative estimate of drug-likeness (QED) is 0.928. The molecule has 5 nitrogen and oxygen atoms in total. The second-order valence-corrected chi connectivity index (χ2v) is 8.17. The number of nitrogens with zero attached hydrogens (tertiary/aromatic N) is 3. The number of likely N-dealkylation sites (tertiary alicyclic amines) is 1. The highest BCUT2D eigenvalue weighted by Crippen LogP contribution is 2.49. The Morgan fingerprint density at radius 1 is 1.42 bits per heavy atom. The Balaban J connectivity index is 1.32. The van der Waals surface area contributed by atoms with E-state index in [2.05, 4.69) is 15.2 Å². The molecule has 128 valence electrons. The van der Waals surface area contributed by atoms with Gasteiger partial charge < -0.3 is 9.88 Å². The summed E-state index contributed by atoms with van der Waals surface area (Å²) in [5.41, 5.74) is 1.09. The second-order valence-electron chi connectivity index (χ2n) is 7.19. The third-order valence-corrected chi connectivity index (χ3v) is 6.53. The maximum atomic E-state index is 12.4. The van der Waals surface area contributed by atoms with Gasteiger partial charge in [0.15, 0.2) is 0 Å². The normalized spacial score (nSPS) is 23.1. The molecule has 6 heteroatoms. The minimum absolute atomic E-state index is 0.0740. The van der Waals surface area contributed by atoms with Crippen LogP contribution in [0.5, 0.6) is 0 Å². The maximum absolute atomic E-state index is 12.4. The van der Waals surface area contributed by atoms with E-state index >= 15 is 0 Å². The number of rotatable bonds is 4. The molecule has 2 aromatic rings. The van der Waals surface area contributed by atoms with Crippen LogP contribution in [0.15, 0.2) is 30.0 Å². The number of aromatic nitrogens is 2. The number of aryl methyl sites for hydroxylation is 1. The number of amides is 1. The average Bonchev–Trinajstić information content (AvgIpc) is 3.24. The number of hydrogen-bond donors (Lipinski definition) is 1. The lowest BCUT2D eigenvalue weighted by molar-refractivity contribution is -0.00711. The van der Waals surface area contributed by atoms with E-state index in [0.29, 0.717) is 11.5 Å². The van der Waals surface area contributed by atoms with Crippen molar-refractivity contribution in [2.45, 2.75) is 38.3 Å². The first kappa shape index (κ1) is 15.8. The van der Waals surface area contributed by atoms with Crippen molar-refractivity contribution in [3.63, 3.8) is 0 Å². The van der Waals surface area contributed by atoms with Crippen molar-refractivity contribution in [1.29, 1.82) is 0 Å². The summed E-state index contributed by atoms with van der Waals surface area (Å²) in [4.78, 5) is 19.3. The SMILES string of the molecule is Cn1ccc(C(=O)N[C@@H]2CCC23CCN(Cc2nccs2)CC3)c1. The second kappa shape index (κ2) is 6.33. The molecule has 1 spiro atoms. The molecular weight excluding hydrogens is 320 g/mol. The maximum Gasteiger partial charge on any atom is 0.253 e. The Labute approximate surface area is 146 Å². The molecule has 1 amide bonds. The van der Waals surface area contributed by atoms with E-state index in [4.69, 9.17) is 0 Å². The van der Waals surface area contributed by atoms with Crippen molar-refractivity contribution in [2.75, 3.05) is 13.1 Å². The fourth-order valence-electron chi connectivity index (χ4n) is 4.08. The van der Waals surface area contributed by atoms with E-state index < -0.39 is 0 Å². The lowest BCUT2D eigenvalue weighted by atomic mass is 9.59. The van der Waals surface area contributed by atoms with Gasteiger partial charge in [0, 0.05) is 37.1 Å². The van der Waals surface area contributed by atoms with Crippen molar-refractivity contribution < 1.29 is 4.79 Å². The molecule has 4 rings (SSSR count). The van der Waals surface area contributed by atoms with Gasteiger partial charge in [0.05, 0.1) is 12.1 Å². The molecule has 1 saturated heterocycles. The molecule has 2 aromatic heterocycles. The van der Waals surface area contributed by atoms with Crippen LogP contribution in [0.25, 0.3) is 0 Å². The van der Waals surface area contributed by atoms with E-state index in [1.807, 2.05) is 41.7 Å². The zero-order chi connectivity index (χ0) is 16.6. The van der Waals surface area contributed by atoms with Gasteiger partial charge in [-0.1, -0.05) is 0 Å². The Morgan fingerprint density at radius 2 is 2.25 bits per heavy atom. The molecule has 0 bridgehead atoms. The first-order chi connectivity index (χ1) is 11.6. The summed E-state index contributed by atoms with van der Waals surface area (Å²) in [5.74, 6) is 0.0740. The van der Waals surface area contributed by atoms with E-state index in [1.54, 1.807) is 11.3 Å². The molecule has 2 fully saturated rings. The standard InChI is InChI=1S/C18H24N4OS/c1-21-8-3-14(12-21)17(23)20-15-2-4-18(15)5-9-22(10-6-18)13-16-19-7-11-24-16/h3,7-8,11-12,15H,2,4-6,9-10,13H2,1H3,(H,20,23)/t15-/m1/s1. The summed E-state index contributed by atoms with van der Waals surface area (Å²) in [6.07, 6.45) is 10.4. The lowest BCUT2D eigenvalue weighted by Gasteiger charge is -2.54. The molecule has 1 aliphatic heterocycles. The Bertz CT molecular complexity index is 700. The van der Waals surface area contributed by atoms with E-state index in [-0.39, 0.29) is 5.91 Å². The molecule has 2 aliphatic rings. The van der Waals surface area contributed by atoms with Gasteiger partial charge >= 0.3 is 0 Å². The van der Waals surface area contributed by atoms with Crippen LogP contribution in [-0.4, -0.2) is 39.5 Å². The topological polar surface area (TPSA) is 50.2 Å². The zero-order valence-corrected chi connectivity index (χ0v) is 14.9. The van der Waals surface area contributed by atoms with Crippen LogP contribution in [0.1, 0.15) is 41.0 Å². The average molecular weight is 344 g/mol. The molecule has 1 aliphatic carbocycles. The van der Waals surface area contributed by atoms with E-state index in [0.717, 1.165) is 31.6 Å². The number of hydrogen-bond acceptors (Lipinski definition) is 4. The third kappa shape index (κ3) is 3.00. The number of thiazole rings is 1. The van der Waals surface area contributed by atoms with Gasteiger partial charge in [0.2, 0.25) is 0 Å². The summed E-state index contributed by atoms with van der Waals surface area (Å²) in [5, 5.41) is 6.53. The summed E-state index contributed by atoms with van der Waals surface area (Å²) < 4.78 is 1.92. The van der Waals surface area contributed by atoms with Crippen LogP contribution in [0.4, 0.5) is 0 Å². The van der Waals surface area contributed by atoms with Gasteiger partial charge in [-0.05, 0) is 50.3 Å². The lowest BCUT2D eigenvalue weighted by Crippen LogP contribution is -2.59. The predicted octanol–water partition coefficient (Wildman–Crippen LogP) is 2.66. The van der Waals surface area contributed by atoms with Crippen LogP contribution >= 0.6 is 11.3 Å². The van der Waals surface area contributed by atoms with Crippen LogP contribution < -0.4 is 5.32 Å². The minimum atomic E-state index is 0.0740. The van der Waals surface area contributed by atoms with Crippen molar-refractivity contribution >= 4 is 17.2 Å². The monoisotopic (exact) mass is 344 g/mol. The van der Waals surface area contributed by atoms with Crippen LogP contribution in [0.2, 0.25) is 0 Å². The van der Waals surface area contributed by atoms with Crippen LogP contribution in [-0.2, 0) is 13.6 Å². The molecule has 0 radical (unpaired) electrons. The highest BCUT2D eigenvalue weighted by atomic mass is 32.1. The number of carbonyl (C=O) groups is 1. The van der Waals surface area contributed by atoms with Crippen LogP contribution in [0.3, 0.4) is 0 Å². The molecular formula is C18H24N4OS.